The number of hydrogen-bond acceptors (Lipinski definition) is 7. The largest absolute Gasteiger partial charge is 0.467 e. The lowest BCUT2D eigenvalue weighted by molar-refractivity contribution is -0.123. The Balaban J connectivity index is 1.41. The molecule has 2 aliphatic rings. The lowest BCUT2D eigenvalue weighted by Gasteiger charge is -2.23. The summed E-state index contributed by atoms with van der Waals surface area (Å²) in [6.07, 6.45) is 1.56. The van der Waals surface area contributed by atoms with Gasteiger partial charge in [0.05, 0.1) is 35.2 Å². The number of hydrogen-bond donors (Lipinski definition) is 1. The molecule has 216 valence electrons. The van der Waals surface area contributed by atoms with Crippen LogP contribution >= 0.6 is 11.8 Å². The number of rotatable bonds is 7. The number of fused-ring (bicyclic) bond motifs is 2. The van der Waals surface area contributed by atoms with Crippen molar-refractivity contribution >= 4 is 29.4 Å². The monoisotopic (exact) mass is 592 g/mol. The molecule has 0 fully saturated rings. The Morgan fingerprint density at radius 2 is 1.81 bits per heavy atom. The van der Waals surface area contributed by atoms with Crippen LogP contribution in [0.5, 0.6) is 11.5 Å². The van der Waals surface area contributed by atoms with E-state index in [0.29, 0.717) is 23.1 Å². The predicted molar refractivity (Wildman–Crippen MR) is 164 cm³/mol. The van der Waals surface area contributed by atoms with Crippen LogP contribution in [0.3, 0.4) is 0 Å². The predicted octanol–water partition coefficient (Wildman–Crippen LogP) is 5.66. The molecule has 2 aromatic heterocycles. The van der Waals surface area contributed by atoms with Gasteiger partial charge in [0.2, 0.25) is 18.6 Å². The first kappa shape index (κ1) is 26.9. The SMILES string of the molecule is Cc1ccccc1-n1nc(-c2ccccc2)c2c1N(CC(=O)NCc1ccco1)C(=O)CS[C@H]2c1ccc2c(c1)OCO2. The number of carbonyl (C=O) groups is 2. The summed E-state index contributed by atoms with van der Waals surface area (Å²) >= 11 is 1.51. The molecule has 2 amide bonds. The fourth-order valence-corrected chi connectivity index (χ4v) is 6.62. The van der Waals surface area contributed by atoms with Gasteiger partial charge in [0, 0.05) is 11.1 Å². The van der Waals surface area contributed by atoms with Crippen molar-refractivity contribution in [1.82, 2.24) is 15.1 Å². The highest BCUT2D eigenvalue weighted by molar-refractivity contribution is 8.00. The van der Waals surface area contributed by atoms with Gasteiger partial charge in [-0.3, -0.25) is 14.5 Å². The average molecular weight is 593 g/mol. The number of benzene rings is 3. The van der Waals surface area contributed by atoms with Crippen LogP contribution in [0.25, 0.3) is 16.9 Å². The minimum atomic E-state index is -0.305. The van der Waals surface area contributed by atoms with Gasteiger partial charge in [-0.2, -0.15) is 5.10 Å². The van der Waals surface area contributed by atoms with Crippen LogP contribution in [0.2, 0.25) is 0 Å². The van der Waals surface area contributed by atoms with Crippen LogP contribution in [0.15, 0.2) is 95.6 Å². The number of para-hydroxylation sites is 1. The summed E-state index contributed by atoms with van der Waals surface area (Å²) < 4.78 is 18.5. The fourth-order valence-electron chi connectivity index (χ4n) is 5.44. The molecule has 7 rings (SSSR count). The summed E-state index contributed by atoms with van der Waals surface area (Å²) in [4.78, 5) is 28.8. The zero-order chi connectivity index (χ0) is 29.3. The van der Waals surface area contributed by atoms with E-state index in [1.807, 2.05) is 84.4 Å². The van der Waals surface area contributed by atoms with E-state index in [-0.39, 0.29) is 42.7 Å². The number of nitrogens with zero attached hydrogens (tertiary/aromatic N) is 3. The van der Waals surface area contributed by atoms with Crippen molar-refractivity contribution < 1.29 is 23.5 Å². The number of aryl methyl sites for hydroxylation is 1. The van der Waals surface area contributed by atoms with Crippen LogP contribution in [0.4, 0.5) is 5.82 Å². The first-order valence-corrected chi connectivity index (χ1v) is 15.0. The third-order valence-electron chi connectivity index (χ3n) is 7.52. The minimum absolute atomic E-state index is 0.168. The maximum Gasteiger partial charge on any atom is 0.240 e. The van der Waals surface area contributed by atoms with Crippen molar-refractivity contribution in [3.63, 3.8) is 0 Å². The van der Waals surface area contributed by atoms with Gasteiger partial charge in [0.1, 0.15) is 18.1 Å². The number of anilines is 1. The molecule has 9 nitrogen and oxygen atoms in total. The maximum atomic E-state index is 13.9. The van der Waals surface area contributed by atoms with E-state index in [9.17, 15) is 9.59 Å². The number of carbonyl (C=O) groups excluding carboxylic acids is 2. The van der Waals surface area contributed by atoms with E-state index in [4.69, 9.17) is 19.0 Å². The zero-order valence-electron chi connectivity index (χ0n) is 23.4. The number of ether oxygens (including phenoxy) is 2. The Morgan fingerprint density at radius 1 is 1.00 bits per heavy atom. The molecule has 3 aromatic carbocycles. The van der Waals surface area contributed by atoms with Gasteiger partial charge in [-0.1, -0.05) is 54.6 Å². The molecule has 0 unspecified atom stereocenters. The topological polar surface area (TPSA) is 98.8 Å². The van der Waals surface area contributed by atoms with E-state index in [1.54, 1.807) is 23.3 Å². The van der Waals surface area contributed by atoms with Crippen LogP contribution in [-0.2, 0) is 16.1 Å². The van der Waals surface area contributed by atoms with Crippen LogP contribution < -0.4 is 19.7 Å². The van der Waals surface area contributed by atoms with Crippen molar-refractivity contribution in [3.05, 3.63) is 114 Å². The Bertz CT molecular complexity index is 1800. The molecule has 5 aromatic rings. The first-order valence-electron chi connectivity index (χ1n) is 13.9. The Labute approximate surface area is 252 Å². The summed E-state index contributed by atoms with van der Waals surface area (Å²) in [5, 5.41) is 7.78. The van der Waals surface area contributed by atoms with Crippen LogP contribution in [-0.4, -0.2) is 40.7 Å². The Kier molecular flexibility index (Phi) is 7.12. The third kappa shape index (κ3) is 5.14. The third-order valence-corrected chi connectivity index (χ3v) is 8.78. The lowest BCUT2D eigenvalue weighted by Crippen LogP contribution is -2.42. The summed E-state index contributed by atoms with van der Waals surface area (Å²) in [5.74, 6) is 2.23. The second-order valence-electron chi connectivity index (χ2n) is 10.3. The second-order valence-corrected chi connectivity index (χ2v) is 11.4. The summed E-state index contributed by atoms with van der Waals surface area (Å²) in [6.45, 7) is 2.23. The van der Waals surface area contributed by atoms with E-state index < -0.39 is 0 Å². The zero-order valence-corrected chi connectivity index (χ0v) is 24.2. The van der Waals surface area contributed by atoms with Gasteiger partial charge in [-0.05, 0) is 48.4 Å². The number of aromatic nitrogens is 2. The highest BCUT2D eigenvalue weighted by atomic mass is 32.2. The maximum absolute atomic E-state index is 13.9. The van der Waals surface area contributed by atoms with E-state index >= 15 is 0 Å². The van der Waals surface area contributed by atoms with Crippen molar-refractivity contribution in [2.45, 2.75) is 18.7 Å². The smallest absolute Gasteiger partial charge is 0.240 e. The lowest BCUT2D eigenvalue weighted by atomic mass is 9.99. The second kappa shape index (κ2) is 11.4. The highest BCUT2D eigenvalue weighted by Gasteiger charge is 2.38. The van der Waals surface area contributed by atoms with E-state index in [2.05, 4.69) is 5.32 Å². The van der Waals surface area contributed by atoms with Gasteiger partial charge in [0.15, 0.2) is 11.5 Å². The molecule has 4 heterocycles. The number of furan rings is 1. The fraction of sp³-hybridized carbons (Fsp3) is 0.182. The molecule has 1 N–H and O–H groups in total. The minimum Gasteiger partial charge on any atom is -0.467 e. The summed E-state index contributed by atoms with van der Waals surface area (Å²) in [6, 6.07) is 27.3. The Hall–Kier alpha value is -4.96. The van der Waals surface area contributed by atoms with Crippen molar-refractivity contribution in [3.8, 4) is 28.4 Å². The molecule has 0 bridgehead atoms. The van der Waals surface area contributed by atoms with Crippen molar-refractivity contribution in [1.29, 1.82) is 0 Å². The number of nitrogens with one attached hydrogen (secondary N) is 1. The summed E-state index contributed by atoms with van der Waals surface area (Å²) in [5.41, 5.74) is 5.26. The molecule has 10 heteroatoms. The van der Waals surface area contributed by atoms with Gasteiger partial charge < -0.3 is 19.2 Å². The van der Waals surface area contributed by atoms with Crippen molar-refractivity contribution in [2.75, 3.05) is 24.0 Å². The number of amides is 2. The summed E-state index contributed by atoms with van der Waals surface area (Å²) in [7, 11) is 0. The van der Waals surface area contributed by atoms with Crippen LogP contribution in [0, 0.1) is 6.92 Å². The van der Waals surface area contributed by atoms with Gasteiger partial charge in [0.25, 0.3) is 0 Å². The molecule has 0 radical (unpaired) electrons. The van der Waals surface area contributed by atoms with Gasteiger partial charge in [-0.15, -0.1) is 11.8 Å². The molecule has 0 aliphatic carbocycles. The molecular formula is C33H28N4O5S. The van der Waals surface area contributed by atoms with Crippen LogP contribution in [0.1, 0.15) is 27.7 Å². The van der Waals surface area contributed by atoms with Gasteiger partial charge >= 0.3 is 0 Å². The molecule has 2 aliphatic heterocycles. The normalized spacial score (nSPS) is 15.7. The molecule has 43 heavy (non-hydrogen) atoms. The standard InChI is InChI=1S/C33H28N4O5S/c1-21-8-5-6-12-25(21)37-33-30(31(35-37)22-9-3-2-4-10-22)32(23-13-14-26-27(16-23)42-20-41-26)43-19-29(39)36(33)18-28(38)34-17-24-11-7-15-40-24/h2-16,32H,17-20H2,1H3,(H,34,38)/t32-/m0/s1. The van der Waals surface area contributed by atoms with Gasteiger partial charge in [-0.25, -0.2) is 4.68 Å². The van der Waals surface area contributed by atoms with Crippen molar-refractivity contribution in [2.24, 2.45) is 0 Å². The van der Waals surface area contributed by atoms with E-state index in [0.717, 1.165) is 33.6 Å². The number of thioether (sulfide) groups is 1. The quantitative estimate of drug-likeness (QED) is 0.261. The van der Waals surface area contributed by atoms with E-state index in [1.165, 1.54) is 11.8 Å². The Morgan fingerprint density at radius 3 is 2.63 bits per heavy atom. The average Bonchev–Trinajstić information content (AvgIpc) is 3.78. The molecule has 0 saturated carbocycles. The molecule has 0 spiro atoms. The molecule has 0 saturated heterocycles. The molecule has 1 atom stereocenters. The first-order chi connectivity index (χ1) is 21.1. The highest BCUT2D eigenvalue weighted by Crippen LogP contribution is 2.50. The molecular weight excluding hydrogens is 564 g/mol.